The first-order valence-corrected chi connectivity index (χ1v) is 15.8. The monoisotopic (exact) mass is 581 g/mol. The molecule has 0 aromatic heterocycles. The minimum absolute atomic E-state index is 0.0288. The van der Waals surface area contributed by atoms with Gasteiger partial charge in [-0.3, -0.25) is 13.9 Å². The Morgan fingerprint density at radius 3 is 2.17 bits per heavy atom. The molecule has 0 spiro atoms. The van der Waals surface area contributed by atoms with Crippen LogP contribution in [-0.2, 0) is 32.6 Å². The average molecular weight is 582 g/mol. The van der Waals surface area contributed by atoms with E-state index >= 15 is 0 Å². The number of nitrogens with zero attached hydrogens (tertiary/aromatic N) is 2. The van der Waals surface area contributed by atoms with E-state index in [0.717, 1.165) is 23.8 Å². The van der Waals surface area contributed by atoms with Gasteiger partial charge in [0.2, 0.25) is 21.8 Å². The van der Waals surface area contributed by atoms with Gasteiger partial charge in [0.1, 0.15) is 11.9 Å². The molecule has 0 aliphatic carbocycles. The summed E-state index contributed by atoms with van der Waals surface area (Å²) >= 11 is 0. The molecule has 2 amide bonds. The fourth-order valence-electron chi connectivity index (χ4n) is 4.61. The molecule has 0 aliphatic heterocycles. The Kier molecular flexibility index (Phi) is 11.5. The van der Waals surface area contributed by atoms with Gasteiger partial charge in [-0.15, -0.1) is 0 Å². The molecule has 0 saturated heterocycles. The smallest absolute Gasteiger partial charge is 0.243 e. The fraction of sp³-hybridized carbons (Fsp3) is 0.375. The molecule has 3 aromatic rings. The summed E-state index contributed by atoms with van der Waals surface area (Å²) in [4.78, 5) is 29.0. The lowest BCUT2D eigenvalue weighted by Gasteiger charge is -2.33. The molecule has 2 atom stereocenters. The van der Waals surface area contributed by atoms with E-state index in [1.807, 2.05) is 63.2 Å². The molecule has 9 heteroatoms. The number of hydrogen-bond donors (Lipinski definition) is 1. The number of amides is 2. The number of benzene rings is 3. The van der Waals surface area contributed by atoms with E-state index in [1.54, 1.807) is 24.3 Å². The second-order valence-corrected chi connectivity index (χ2v) is 12.3. The van der Waals surface area contributed by atoms with Crippen LogP contribution < -0.4 is 9.62 Å². The van der Waals surface area contributed by atoms with E-state index in [2.05, 4.69) is 5.32 Å². The predicted molar refractivity (Wildman–Crippen MR) is 161 cm³/mol. The third kappa shape index (κ3) is 9.42. The number of para-hydroxylation sites is 1. The van der Waals surface area contributed by atoms with Crippen molar-refractivity contribution < 1.29 is 22.4 Å². The molecule has 3 aromatic carbocycles. The van der Waals surface area contributed by atoms with Crippen molar-refractivity contribution in [2.45, 2.75) is 65.1 Å². The molecule has 0 unspecified atom stereocenters. The van der Waals surface area contributed by atoms with Gasteiger partial charge in [0.05, 0.1) is 11.9 Å². The van der Waals surface area contributed by atoms with Crippen LogP contribution in [0.1, 0.15) is 49.8 Å². The van der Waals surface area contributed by atoms with Gasteiger partial charge in [-0.05, 0) is 61.6 Å². The zero-order chi connectivity index (χ0) is 30.0. The van der Waals surface area contributed by atoms with Crippen molar-refractivity contribution in [3.63, 3.8) is 0 Å². The van der Waals surface area contributed by atoms with E-state index in [4.69, 9.17) is 0 Å². The number of sulfonamides is 1. The van der Waals surface area contributed by atoms with E-state index in [-0.39, 0.29) is 49.6 Å². The van der Waals surface area contributed by atoms with Crippen LogP contribution in [-0.4, -0.2) is 50.0 Å². The molecule has 0 fully saturated rings. The molecule has 1 N–H and O–H groups in total. The lowest BCUT2D eigenvalue weighted by Crippen LogP contribution is -2.52. The highest BCUT2D eigenvalue weighted by Crippen LogP contribution is 2.23. The van der Waals surface area contributed by atoms with E-state index in [1.165, 1.54) is 21.3 Å². The van der Waals surface area contributed by atoms with Gasteiger partial charge >= 0.3 is 0 Å². The Morgan fingerprint density at radius 1 is 0.927 bits per heavy atom. The highest BCUT2D eigenvalue weighted by molar-refractivity contribution is 7.92. The highest BCUT2D eigenvalue weighted by atomic mass is 32.2. The van der Waals surface area contributed by atoms with Crippen molar-refractivity contribution in [1.29, 1.82) is 0 Å². The van der Waals surface area contributed by atoms with Gasteiger partial charge < -0.3 is 10.2 Å². The van der Waals surface area contributed by atoms with Gasteiger partial charge in [-0.2, -0.15) is 0 Å². The number of hydrogen-bond acceptors (Lipinski definition) is 4. The minimum Gasteiger partial charge on any atom is -0.352 e. The second kappa shape index (κ2) is 14.8. The van der Waals surface area contributed by atoms with Crippen LogP contribution in [0.25, 0.3) is 0 Å². The molecule has 7 nitrogen and oxygen atoms in total. The summed E-state index contributed by atoms with van der Waals surface area (Å²) in [5, 5.41) is 3.02. The maximum absolute atomic E-state index is 13.8. The molecule has 220 valence electrons. The van der Waals surface area contributed by atoms with Crippen LogP contribution in [0.5, 0.6) is 0 Å². The van der Waals surface area contributed by atoms with Crippen LogP contribution in [0, 0.1) is 12.7 Å². The largest absolute Gasteiger partial charge is 0.352 e. The van der Waals surface area contributed by atoms with Gasteiger partial charge in [0.15, 0.2) is 0 Å². The summed E-state index contributed by atoms with van der Waals surface area (Å²) in [6.45, 7) is 5.95. The van der Waals surface area contributed by atoms with E-state index in [0.29, 0.717) is 17.7 Å². The SMILES string of the molecule is CC[C@@H](C)NC(=O)[C@H](Cc1ccccc1)N(Cc1ccc(F)cc1)C(=O)CCCN(c1ccccc1C)S(C)(=O)=O. The van der Waals surface area contributed by atoms with Gasteiger partial charge in [0, 0.05) is 32.0 Å². The summed E-state index contributed by atoms with van der Waals surface area (Å²) < 4.78 is 40.2. The van der Waals surface area contributed by atoms with Crippen molar-refractivity contribution >= 4 is 27.5 Å². The van der Waals surface area contributed by atoms with Crippen molar-refractivity contribution in [2.24, 2.45) is 0 Å². The quantitative estimate of drug-likeness (QED) is 0.282. The molecule has 41 heavy (non-hydrogen) atoms. The fourth-order valence-corrected chi connectivity index (χ4v) is 5.63. The first kappa shape index (κ1) is 31.8. The normalized spacial score (nSPS) is 12.8. The number of rotatable bonds is 14. The predicted octanol–water partition coefficient (Wildman–Crippen LogP) is 5.24. The lowest BCUT2D eigenvalue weighted by atomic mass is 10.0. The number of aryl methyl sites for hydroxylation is 1. The van der Waals surface area contributed by atoms with Crippen LogP contribution >= 0.6 is 0 Å². The van der Waals surface area contributed by atoms with Crippen LogP contribution in [0.4, 0.5) is 10.1 Å². The Labute approximate surface area is 243 Å². The number of carbonyl (C=O) groups excluding carboxylic acids is 2. The number of anilines is 1. The standard InChI is InChI=1S/C32H40FN3O4S/c1-5-25(3)34-32(38)30(22-26-13-7-6-8-14-26)35(23-27-17-19-28(33)20-18-27)31(37)16-11-21-36(41(4,39)40)29-15-10-9-12-24(29)2/h6-10,12-15,17-20,25,30H,5,11,16,21-23H2,1-4H3,(H,34,38)/t25-,30+/m1/s1. The molecular weight excluding hydrogens is 541 g/mol. The van der Waals surface area contributed by atoms with Crippen LogP contribution in [0.15, 0.2) is 78.9 Å². The summed E-state index contributed by atoms with van der Waals surface area (Å²) in [5.74, 6) is -0.942. The summed E-state index contributed by atoms with van der Waals surface area (Å²) in [7, 11) is -3.59. The van der Waals surface area contributed by atoms with E-state index < -0.39 is 16.1 Å². The average Bonchev–Trinajstić information content (AvgIpc) is 2.94. The van der Waals surface area contributed by atoms with Crippen molar-refractivity contribution in [3.05, 3.63) is 101 Å². The topological polar surface area (TPSA) is 86.8 Å². The number of nitrogens with one attached hydrogen (secondary N) is 1. The first-order valence-electron chi connectivity index (χ1n) is 13.9. The lowest BCUT2D eigenvalue weighted by molar-refractivity contribution is -0.141. The van der Waals surface area contributed by atoms with Gasteiger partial charge in [0.25, 0.3) is 0 Å². The Balaban J connectivity index is 1.89. The zero-order valence-electron chi connectivity index (χ0n) is 24.2. The Morgan fingerprint density at radius 2 is 1.56 bits per heavy atom. The maximum atomic E-state index is 13.8. The third-order valence-electron chi connectivity index (χ3n) is 7.07. The summed E-state index contributed by atoms with van der Waals surface area (Å²) in [6, 6.07) is 21.7. The molecule has 0 radical (unpaired) electrons. The van der Waals surface area contributed by atoms with Crippen molar-refractivity contribution in [3.8, 4) is 0 Å². The molecular formula is C32H40FN3O4S. The highest BCUT2D eigenvalue weighted by Gasteiger charge is 2.31. The Hall–Kier alpha value is -3.72. The van der Waals surface area contributed by atoms with E-state index in [9.17, 15) is 22.4 Å². The minimum atomic E-state index is -3.59. The van der Waals surface area contributed by atoms with Crippen molar-refractivity contribution in [1.82, 2.24) is 10.2 Å². The molecule has 0 heterocycles. The first-order chi connectivity index (χ1) is 19.5. The van der Waals surface area contributed by atoms with Gasteiger partial charge in [-0.25, -0.2) is 12.8 Å². The van der Waals surface area contributed by atoms with Crippen LogP contribution in [0.2, 0.25) is 0 Å². The summed E-state index contributed by atoms with van der Waals surface area (Å²) in [5.41, 5.74) is 2.97. The zero-order valence-corrected chi connectivity index (χ0v) is 25.0. The maximum Gasteiger partial charge on any atom is 0.243 e. The van der Waals surface area contributed by atoms with Crippen LogP contribution in [0.3, 0.4) is 0 Å². The third-order valence-corrected chi connectivity index (χ3v) is 8.25. The van der Waals surface area contributed by atoms with Crippen molar-refractivity contribution in [2.75, 3.05) is 17.1 Å². The molecule has 3 rings (SSSR count). The molecule has 0 bridgehead atoms. The number of carbonyl (C=O) groups is 2. The Bertz CT molecular complexity index is 1400. The molecule has 0 saturated carbocycles. The summed E-state index contributed by atoms with van der Waals surface area (Å²) in [6.07, 6.45) is 2.47. The number of halogens is 1. The molecule has 0 aliphatic rings. The van der Waals surface area contributed by atoms with Gasteiger partial charge in [-0.1, -0.05) is 67.6 Å². The second-order valence-electron chi connectivity index (χ2n) is 10.4.